The van der Waals surface area contributed by atoms with Gasteiger partial charge >= 0.3 is 0 Å². The molecule has 12 heavy (non-hydrogen) atoms. The fourth-order valence-corrected chi connectivity index (χ4v) is 1.40. The van der Waals surface area contributed by atoms with E-state index in [-0.39, 0.29) is 12.2 Å². The molecule has 0 spiro atoms. The third kappa shape index (κ3) is 4.07. The second-order valence-electron chi connectivity index (χ2n) is 2.80. The molecule has 0 amide bonds. The summed E-state index contributed by atoms with van der Waals surface area (Å²) in [4.78, 5) is 0. The fraction of sp³-hybridized carbons (Fsp3) is 1.00. The average Bonchev–Trinajstić information content (AvgIpc) is 2.11. The van der Waals surface area contributed by atoms with Gasteiger partial charge in [0.2, 0.25) is 0 Å². The van der Waals surface area contributed by atoms with Crippen molar-refractivity contribution in [2.24, 2.45) is 0 Å². The van der Waals surface area contributed by atoms with Crippen molar-refractivity contribution in [3.63, 3.8) is 0 Å². The van der Waals surface area contributed by atoms with E-state index in [9.17, 15) is 0 Å². The van der Waals surface area contributed by atoms with Gasteiger partial charge in [0.25, 0.3) is 0 Å². The lowest BCUT2D eigenvalue weighted by Gasteiger charge is -2.24. The Morgan fingerprint density at radius 2 is 1.08 bits per heavy atom. The summed E-state index contributed by atoms with van der Waals surface area (Å²) in [6.07, 6.45) is 2.62. The SMILES string of the molecule is CCOC(CC)C(CC)OCC. The molecule has 0 rings (SSSR count). The van der Waals surface area contributed by atoms with Crippen LogP contribution in [0, 0.1) is 0 Å². The highest BCUT2D eigenvalue weighted by atomic mass is 16.5. The minimum atomic E-state index is 0.278. The van der Waals surface area contributed by atoms with Crippen molar-refractivity contribution in [3.8, 4) is 0 Å². The Kier molecular flexibility index (Phi) is 7.51. The Balaban J connectivity index is 3.84. The van der Waals surface area contributed by atoms with Crippen LogP contribution in [0.3, 0.4) is 0 Å². The Bertz CT molecular complexity index is 81.8. The van der Waals surface area contributed by atoms with E-state index in [2.05, 4.69) is 13.8 Å². The molecule has 2 nitrogen and oxygen atoms in total. The Morgan fingerprint density at radius 3 is 1.25 bits per heavy atom. The van der Waals surface area contributed by atoms with Gasteiger partial charge in [-0.1, -0.05) is 13.8 Å². The zero-order valence-electron chi connectivity index (χ0n) is 8.80. The second-order valence-corrected chi connectivity index (χ2v) is 2.80. The van der Waals surface area contributed by atoms with Gasteiger partial charge in [0.05, 0.1) is 12.2 Å². The summed E-state index contributed by atoms with van der Waals surface area (Å²) in [7, 11) is 0. The van der Waals surface area contributed by atoms with E-state index in [4.69, 9.17) is 9.47 Å². The van der Waals surface area contributed by atoms with Gasteiger partial charge in [0.15, 0.2) is 0 Å². The first-order valence-corrected chi connectivity index (χ1v) is 5.03. The van der Waals surface area contributed by atoms with Gasteiger partial charge in [-0.05, 0) is 26.7 Å². The molecule has 0 aromatic rings. The van der Waals surface area contributed by atoms with Crippen LogP contribution in [0.25, 0.3) is 0 Å². The largest absolute Gasteiger partial charge is 0.376 e. The zero-order valence-corrected chi connectivity index (χ0v) is 8.80. The molecule has 0 bridgehead atoms. The highest BCUT2D eigenvalue weighted by Gasteiger charge is 2.17. The number of rotatable bonds is 7. The predicted molar refractivity (Wildman–Crippen MR) is 51.4 cm³/mol. The molecule has 2 heteroatoms. The predicted octanol–water partition coefficient (Wildman–Crippen LogP) is 2.62. The number of hydrogen-bond acceptors (Lipinski definition) is 2. The molecule has 0 N–H and O–H groups in total. The van der Waals surface area contributed by atoms with Gasteiger partial charge in [-0.25, -0.2) is 0 Å². The molecule has 0 aliphatic heterocycles. The number of hydrogen-bond donors (Lipinski definition) is 0. The molecule has 0 saturated heterocycles. The third-order valence-electron chi connectivity index (χ3n) is 1.98. The fourth-order valence-electron chi connectivity index (χ4n) is 1.40. The molecular formula is C10H22O2. The van der Waals surface area contributed by atoms with Gasteiger partial charge in [0.1, 0.15) is 0 Å². The second kappa shape index (κ2) is 7.56. The maximum atomic E-state index is 5.57. The van der Waals surface area contributed by atoms with Gasteiger partial charge in [-0.15, -0.1) is 0 Å². The van der Waals surface area contributed by atoms with E-state index in [1.807, 2.05) is 13.8 Å². The molecule has 0 heterocycles. The molecule has 0 fully saturated rings. The van der Waals surface area contributed by atoms with Crippen molar-refractivity contribution >= 4 is 0 Å². The Hall–Kier alpha value is -0.0800. The van der Waals surface area contributed by atoms with Crippen molar-refractivity contribution in [1.82, 2.24) is 0 Å². The molecule has 2 atom stereocenters. The first-order chi connectivity index (χ1) is 5.79. The van der Waals surface area contributed by atoms with Crippen molar-refractivity contribution in [1.29, 1.82) is 0 Å². The minimum Gasteiger partial charge on any atom is -0.376 e. The van der Waals surface area contributed by atoms with E-state index >= 15 is 0 Å². The quantitative estimate of drug-likeness (QED) is 0.590. The van der Waals surface area contributed by atoms with Crippen LogP contribution in [0.5, 0.6) is 0 Å². The van der Waals surface area contributed by atoms with Crippen LogP contribution in [-0.2, 0) is 9.47 Å². The molecule has 2 unspecified atom stereocenters. The van der Waals surface area contributed by atoms with Crippen molar-refractivity contribution in [3.05, 3.63) is 0 Å². The minimum absolute atomic E-state index is 0.278. The normalized spacial score (nSPS) is 16.0. The molecule has 0 saturated carbocycles. The van der Waals surface area contributed by atoms with Crippen LogP contribution < -0.4 is 0 Å². The lowest BCUT2D eigenvalue weighted by molar-refractivity contribution is -0.0692. The molecular weight excluding hydrogens is 152 g/mol. The van der Waals surface area contributed by atoms with E-state index < -0.39 is 0 Å². The molecule has 0 aromatic carbocycles. The standard InChI is InChI=1S/C10H22O2/c1-5-9(11-7-3)10(6-2)12-8-4/h9-10H,5-8H2,1-4H3. The first-order valence-electron chi connectivity index (χ1n) is 5.03. The van der Waals surface area contributed by atoms with Gasteiger partial charge in [0, 0.05) is 13.2 Å². The van der Waals surface area contributed by atoms with Gasteiger partial charge < -0.3 is 9.47 Å². The Morgan fingerprint density at radius 1 is 0.750 bits per heavy atom. The summed E-state index contributed by atoms with van der Waals surface area (Å²) < 4.78 is 11.1. The van der Waals surface area contributed by atoms with Gasteiger partial charge in [-0.3, -0.25) is 0 Å². The summed E-state index contributed by atoms with van der Waals surface area (Å²) in [6.45, 7) is 9.90. The lowest BCUT2D eigenvalue weighted by atomic mass is 10.1. The maximum Gasteiger partial charge on any atom is 0.0833 e. The van der Waals surface area contributed by atoms with Crippen molar-refractivity contribution in [2.75, 3.05) is 13.2 Å². The van der Waals surface area contributed by atoms with Crippen molar-refractivity contribution in [2.45, 2.75) is 52.7 Å². The summed E-state index contributed by atoms with van der Waals surface area (Å²) in [5.41, 5.74) is 0. The summed E-state index contributed by atoms with van der Waals surface area (Å²) in [6, 6.07) is 0. The van der Waals surface area contributed by atoms with Crippen LogP contribution in [0.15, 0.2) is 0 Å². The topological polar surface area (TPSA) is 18.5 Å². The van der Waals surface area contributed by atoms with E-state index in [1.54, 1.807) is 0 Å². The Labute approximate surface area is 76.3 Å². The van der Waals surface area contributed by atoms with Crippen LogP contribution in [0.2, 0.25) is 0 Å². The monoisotopic (exact) mass is 174 g/mol. The highest BCUT2D eigenvalue weighted by Crippen LogP contribution is 2.11. The first kappa shape index (κ1) is 11.9. The third-order valence-corrected chi connectivity index (χ3v) is 1.98. The van der Waals surface area contributed by atoms with Crippen LogP contribution in [0.1, 0.15) is 40.5 Å². The van der Waals surface area contributed by atoms with E-state index in [0.29, 0.717) is 0 Å². The van der Waals surface area contributed by atoms with Crippen LogP contribution in [0.4, 0.5) is 0 Å². The van der Waals surface area contributed by atoms with Crippen LogP contribution >= 0.6 is 0 Å². The summed E-state index contributed by atoms with van der Waals surface area (Å²) in [5, 5.41) is 0. The maximum absolute atomic E-state index is 5.57. The zero-order chi connectivity index (χ0) is 9.40. The summed E-state index contributed by atoms with van der Waals surface area (Å²) >= 11 is 0. The van der Waals surface area contributed by atoms with Gasteiger partial charge in [-0.2, -0.15) is 0 Å². The average molecular weight is 174 g/mol. The molecule has 0 aromatic heterocycles. The van der Waals surface area contributed by atoms with Crippen LogP contribution in [-0.4, -0.2) is 25.4 Å². The van der Waals surface area contributed by atoms with Crippen molar-refractivity contribution < 1.29 is 9.47 Å². The molecule has 0 aliphatic rings. The molecule has 0 aliphatic carbocycles. The van der Waals surface area contributed by atoms with E-state index in [1.165, 1.54) is 0 Å². The molecule has 0 radical (unpaired) electrons. The number of ether oxygens (including phenoxy) is 2. The molecule has 74 valence electrons. The highest BCUT2D eigenvalue weighted by molar-refractivity contribution is 4.67. The lowest BCUT2D eigenvalue weighted by Crippen LogP contribution is -2.30. The van der Waals surface area contributed by atoms with E-state index in [0.717, 1.165) is 26.1 Å². The smallest absolute Gasteiger partial charge is 0.0833 e. The summed E-state index contributed by atoms with van der Waals surface area (Å²) in [5.74, 6) is 0.